The second-order valence-corrected chi connectivity index (χ2v) is 8.64. The van der Waals surface area contributed by atoms with Gasteiger partial charge in [-0.15, -0.1) is 0 Å². The molecule has 1 heterocycles. The lowest BCUT2D eigenvalue weighted by Gasteiger charge is -2.12. The first kappa shape index (κ1) is 20.1. The zero-order chi connectivity index (χ0) is 20.3. The summed E-state index contributed by atoms with van der Waals surface area (Å²) in [4.78, 5) is 12.4. The highest BCUT2D eigenvalue weighted by molar-refractivity contribution is 7.89. The quantitative estimate of drug-likeness (QED) is 0.634. The van der Waals surface area contributed by atoms with Crippen molar-refractivity contribution in [1.82, 2.24) is 10.0 Å². The van der Waals surface area contributed by atoms with Crippen LogP contribution in [-0.4, -0.2) is 20.9 Å². The van der Waals surface area contributed by atoms with Crippen molar-refractivity contribution in [2.45, 2.75) is 38.1 Å². The lowest BCUT2D eigenvalue weighted by atomic mass is 10.1. The molecule has 0 saturated carbocycles. The smallest absolute Gasteiger partial charge is 0.240 e. The second kappa shape index (κ2) is 8.16. The molecule has 0 unspecified atom stereocenters. The van der Waals surface area contributed by atoms with Crippen molar-refractivity contribution in [3.05, 3.63) is 65.4 Å². The Morgan fingerprint density at radius 2 is 1.82 bits per heavy atom. The Morgan fingerprint density at radius 3 is 2.54 bits per heavy atom. The molecule has 6 nitrogen and oxygen atoms in total. The highest BCUT2D eigenvalue weighted by Gasteiger charge is 2.17. The van der Waals surface area contributed by atoms with Crippen LogP contribution in [0.15, 0.2) is 57.8 Å². The van der Waals surface area contributed by atoms with Gasteiger partial charge in [0.25, 0.3) is 0 Å². The largest absolute Gasteiger partial charge is 0.459 e. The number of fused-ring (bicyclic) bond motifs is 1. The molecule has 0 radical (unpaired) electrons. The minimum Gasteiger partial charge on any atom is -0.459 e. The molecule has 7 heteroatoms. The number of benzene rings is 2. The number of para-hydroxylation sites is 1. The number of sulfonamides is 1. The van der Waals surface area contributed by atoms with Crippen molar-refractivity contribution in [2.75, 3.05) is 6.54 Å². The van der Waals surface area contributed by atoms with Gasteiger partial charge in [0.2, 0.25) is 15.9 Å². The zero-order valence-electron chi connectivity index (χ0n) is 16.2. The number of carbonyl (C=O) groups excluding carboxylic acids is 1. The monoisotopic (exact) mass is 400 g/mol. The van der Waals surface area contributed by atoms with Gasteiger partial charge in [0.05, 0.1) is 10.9 Å². The number of carbonyl (C=O) groups is 1. The summed E-state index contributed by atoms with van der Waals surface area (Å²) >= 11 is 0. The van der Waals surface area contributed by atoms with Crippen LogP contribution in [0.4, 0.5) is 0 Å². The minimum absolute atomic E-state index is 0.0218. The molecule has 1 atom stereocenters. The summed E-state index contributed by atoms with van der Waals surface area (Å²) < 4.78 is 32.9. The lowest BCUT2D eigenvalue weighted by molar-refractivity contribution is -0.121. The molecule has 0 aliphatic rings. The maximum absolute atomic E-state index is 12.4. The van der Waals surface area contributed by atoms with Gasteiger partial charge < -0.3 is 9.73 Å². The van der Waals surface area contributed by atoms with Gasteiger partial charge in [0.15, 0.2) is 0 Å². The molecule has 0 aliphatic carbocycles. The normalized spacial score (nSPS) is 12.8. The third-order valence-corrected chi connectivity index (χ3v) is 6.14. The molecule has 2 N–H and O–H groups in total. The maximum atomic E-state index is 12.4. The molecule has 1 aromatic heterocycles. The highest BCUT2D eigenvalue weighted by atomic mass is 32.2. The highest BCUT2D eigenvalue weighted by Crippen LogP contribution is 2.23. The molecular weight excluding hydrogens is 376 g/mol. The summed E-state index contributed by atoms with van der Waals surface area (Å²) in [6.07, 6.45) is 0.0364. The fourth-order valence-corrected chi connectivity index (χ4v) is 3.98. The van der Waals surface area contributed by atoms with Gasteiger partial charge in [-0.3, -0.25) is 4.79 Å². The SMILES string of the molecule is Cc1ccc(S(=O)(=O)NCCC(=O)N[C@@H](C)c2cc3ccccc3o2)cc1C. The summed E-state index contributed by atoms with van der Waals surface area (Å²) in [5.74, 6) is 0.404. The van der Waals surface area contributed by atoms with Crippen molar-refractivity contribution in [3.8, 4) is 0 Å². The first-order valence-corrected chi connectivity index (χ1v) is 10.6. The van der Waals surface area contributed by atoms with Crippen LogP contribution in [0.1, 0.15) is 36.3 Å². The van der Waals surface area contributed by atoms with E-state index in [9.17, 15) is 13.2 Å². The Morgan fingerprint density at radius 1 is 1.07 bits per heavy atom. The van der Waals surface area contributed by atoms with Crippen LogP contribution in [0.25, 0.3) is 11.0 Å². The van der Waals surface area contributed by atoms with Crippen molar-refractivity contribution < 1.29 is 17.6 Å². The Kier molecular flexibility index (Phi) is 5.86. The van der Waals surface area contributed by atoms with E-state index in [1.807, 2.05) is 51.1 Å². The number of furan rings is 1. The fraction of sp³-hybridized carbons (Fsp3) is 0.286. The summed E-state index contributed by atoms with van der Waals surface area (Å²) in [5, 5.41) is 3.80. The van der Waals surface area contributed by atoms with Crippen LogP contribution in [0.2, 0.25) is 0 Å². The molecule has 2 aromatic carbocycles. The molecule has 148 valence electrons. The average Bonchev–Trinajstić information content (AvgIpc) is 3.08. The van der Waals surface area contributed by atoms with Gasteiger partial charge in [-0.25, -0.2) is 13.1 Å². The summed E-state index contributed by atoms with van der Waals surface area (Å²) in [7, 11) is -3.64. The molecule has 0 aliphatic heterocycles. The first-order chi connectivity index (χ1) is 13.3. The number of hydrogen-bond donors (Lipinski definition) is 2. The molecule has 3 aromatic rings. The molecule has 3 rings (SSSR count). The van der Waals surface area contributed by atoms with Gasteiger partial charge in [0.1, 0.15) is 11.3 Å². The number of amides is 1. The van der Waals surface area contributed by atoms with E-state index in [0.29, 0.717) is 5.76 Å². The van der Waals surface area contributed by atoms with Crippen LogP contribution < -0.4 is 10.0 Å². The fourth-order valence-electron chi connectivity index (χ4n) is 2.86. The van der Waals surface area contributed by atoms with E-state index in [-0.39, 0.29) is 29.8 Å². The Balaban J connectivity index is 1.54. The van der Waals surface area contributed by atoms with E-state index in [1.54, 1.807) is 18.2 Å². The summed E-state index contributed by atoms with van der Waals surface area (Å²) in [6.45, 7) is 5.64. The van der Waals surface area contributed by atoms with Crippen molar-refractivity contribution in [1.29, 1.82) is 0 Å². The van der Waals surface area contributed by atoms with Gasteiger partial charge >= 0.3 is 0 Å². The predicted molar refractivity (Wildman–Crippen MR) is 108 cm³/mol. The van der Waals surface area contributed by atoms with Gasteiger partial charge in [-0.05, 0) is 56.2 Å². The Labute approximate surface area is 165 Å². The molecule has 0 fully saturated rings. The number of hydrogen-bond acceptors (Lipinski definition) is 4. The van der Waals surface area contributed by atoms with Crippen LogP contribution in [0.3, 0.4) is 0 Å². The van der Waals surface area contributed by atoms with E-state index in [2.05, 4.69) is 10.0 Å². The topological polar surface area (TPSA) is 88.4 Å². The molecule has 0 bridgehead atoms. The summed E-state index contributed by atoms with van der Waals surface area (Å²) in [6, 6.07) is 14.2. The minimum atomic E-state index is -3.64. The third-order valence-electron chi connectivity index (χ3n) is 4.68. The molecule has 0 saturated heterocycles. The lowest BCUT2D eigenvalue weighted by Crippen LogP contribution is -2.32. The average molecular weight is 401 g/mol. The van der Waals surface area contributed by atoms with Gasteiger partial charge in [-0.1, -0.05) is 24.3 Å². The van der Waals surface area contributed by atoms with Crippen LogP contribution in [0.5, 0.6) is 0 Å². The zero-order valence-corrected chi connectivity index (χ0v) is 17.0. The summed E-state index contributed by atoms with van der Waals surface area (Å²) in [5.41, 5.74) is 2.69. The number of nitrogens with one attached hydrogen (secondary N) is 2. The van der Waals surface area contributed by atoms with Crippen LogP contribution >= 0.6 is 0 Å². The first-order valence-electron chi connectivity index (χ1n) is 9.11. The number of aryl methyl sites for hydroxylation is 2. The third kappa shape index (κ3) is 4.61. The van der Waals surface area contributed by atoms with Crippen LogP contribution in [-0.2, 0) is 14.8 Å². The van der Waals surface area contributed by atoms with Gasteiger partial charge in [0, 0.05) is 18.4 Å². The van der Waals surface area contributed by atoms with E-state index in [1.165, 1.54) is 0 Å². The van der Waals surface area contributed by atoms with Crippen molar-refractivity contribution in [3.63, 3.8) is 0 Å². The number of rotatable bonds is 7. The maximum Gasteiger partial charge on any atom is 0.240 e. The van der Waals surface area contributed by atoms with Crippen molar-refractivity contribution >= 4 is 26.9 Å². The van der Waals surface area contributed by atoms with Crippen molar-refractivity contribution in [2.24, 2.45) is 0 Å². The van der Waals surface area contributed by atoms with Gasteiger partial charge in [-0.2, -0.15) is 0 Å². The van der Waals surface area contributed by atoms with E-state index < -0.39 is 10.0 Å². The standard InChI is InChI=1S/C21H24N2O4S/c1-14-8-9-18(12-15(14)2)28(25,26)22-11-10-21(24)23-16(3)20-13-17-6-4-5-7-19(17)27-20/h4-9,12-13,16,22H,10-11H2,1-3H3,(H,23,24)/t16-/m0/s1. The van der Waals surface area contributed by atoms with Crippen LogP contribution in [0, 0.1) is 13.8 Å². The molecule has 28 heavy (non-hydrogen) atoms. The Bertz CT molecular complexity index is 1070. The Hall–Kier alpha value is -2.64. The van der Waals surface area contributed by atoms with E-state index in [0.717, 1.165) is 22.1 Å². The molecular formula is C21H24N2O4S. The van der Waals surface area contributed by atoms with E-state index >= 15 is 0 Å². The second-order valence-electron chi connectivity index (χ2n) is 6.87. The molecule has 0 spiro atoms. The predicted octanol–water partition coefficient (Wildman–Crippen LogP) is 3.60. The molecule has 1 amide bonds. The van der Waals surface area contributed by atoms with E-state index in [4.69, 9.17) is 4.42 Å².